The van der Waals surface area contributed by atoms with Crippen LogP contribution in [0.15, 0.2) is 186 Å². The van der Waals surface area contributed by atoms with Gasteiger partial charge in [-0.05, 0) is 121 Å². The van der Waals surface area contributed by atoms with Gasteiger partial charge in [0.15, 0.2) is 0 Å². The topological polar surface area (TPSA) is 80.7 Å². The fourth-order valence-corrected chi connectivity index (χ4v) is 5.85. The van der Waals surface area contributed by atoms with Gasteiger partial charge in [-0.1, -0.05) is 66.7 Å². The van der Waals surface area contributed by atoms with Crippen molar-refractivity contribution in [1.29, 1.82) is 5.26 Å². The Morgan fingerprint density at radius 3 is 1.18 bits per heavy atom. The summed E-state index contributed by atoms with van der Waals surface area (Å²) < 4.78 is 6.37. The van der Waals surface area contributed by atoms with Crippen molar-refractivity contribution in [3.05, 3.63) is 187 Å². The van der Waals surface area contributed by atoms with Crippen molar-refractivity contribution in [3.63, 3.8) is 0 Å². The predicted octanol–water partition coefficient (Wildman–Crippen LogP) is 11.5. The molecule has 0 saturated carbocycles. The molecule has 1 aromatic heterocycles. The maximum Gasteiger partial charge on any atom is 0.346 e. The van der Waals surface area contributed by atoms with E-state index in [0.717, 1.165) is 56.8 Å². The molecule has 1 N–H and O–H groups in total. The first-order valence-electron chi connectivity index (χ1n) is 16.1. The highest BCUT2D eigenvalue weighted by Gasteiger charge is 2.16. The summed E-state index contributed by atoms with van der Waals surface area (Å²) in [6.07, 6.45) is 1.36. The normalized spacial score (nSPS) is 11.1. The molecule has 0 spiro atoms. The number of furan rings is 1. The Kier molecular flexibility index (Phi) is 9.04. The van der Waals surface area contributed by atoms with E-state index in [-0.39, 0.29) is 5.57 Å². The minimum atomic E-state index is -1.25. The largest absolute Gasteiger partial charge is 0.477 e. The molecule has 6 nitrogen and oxygen atoms in total. The molecule has 0 saturated heterocycles. The highest BCUT2D eigenvalue weighted by Crippen LogP contribution is 2.38. The molecule has 0 fully saturated rings. The Hall–Kier alpha value is -7.10. The molecule has 0 aliphatic carbocycles. The Morgan fingerprint density at radius 2 is 0.840 bits per heavy atom. The van der Waals surface area contributed by atoms with Gasteiger partial charge in [0.05, 0.1) is 0 Å². The van der Waals surface area contributed by atoms with E-state index in [1.165, 1.54) is 6.08 Å². The van der Waals surface area contributed by atoms with Crippen LogP contribution in [0.2, 0.25) is 0 Å². The Labute approximate surface area is 290 Å². The molecule has 0 bridgehead atoms. The van der Waals surface area contributed by atoms with Gasteiger partial charge < -0.3 is 19.3 Å². The molecule has 0 atom stereocenters. The van der Waals surface area contributed by atoms with Crippen molar-refractivity contribution >= 4 is 46.2 Å². The van der Waals surface area contributed by atoms with Gasteiger partial charge in [0.2, 0.25) is 0 Å². The maximum atomic E-state index is 11.3. The molecule has 1 heterocycles. The number of anilines is 6. The van der Waals surface area contributed by atoms with Crippen LogP contribution in [0.3, 0.4) is 0 Å². The van der Waals surface area contributed by atoms with Crippen LogP contribution >= 0.6 is 0 Å². The van der Waals surface area contributed by atoms with Crippen molar-refractivity contribution in [2.45, 2.75) is 0 Å². The zero-order valence-electron chi connectivity index (χ0n) is 26.9. The second-order valence-electron chi connectivity index (χ2n) is 11.5. The van der Waals surface area contributed by atoms with Crippen LogP contribution in [0.5, 0.6) is 0 Å². The van der Waals surface area contributed by atoms with Crippen molar-refractivity contribution in [1.82, 2.24) is 0 Å². The van der Waals surface area contributed by atoms with E-state index in [1.54, 1.807) is 18.2 Å². The zero-order valence-corrected chi connectivity index (χ0v) is 26.9. The van der Waals surface area contributed by atoms with E-state index >= 15 is 0 Å². The van der Waals surface area contributed by atoms with Gasteiger partial charge in [-0.15, -0.1) is 0 Å². The molecule has 240 valence electrons. The third kappa shape index (κ3) is 6.79. The number of para-hydroxylation sites is 3. The summed E-state index contributed by atoms with van der Waals surface area (Å²) in [6.45, 7) is 0. The lowest BCUT2D eigenvalue weighted by Crippen LogP contribution is -2.09. The minimum absolute atomic E-state index is 0.316. The molecule has 6 heteroatoms. The predicted molar refractivity (Wildman–Crippen MR) is 200 cm³/mol. The molecule has 0 aliphatic heterocycles. The van der Waals surface area contributed by atoms with E-state index in [9.17, 15) is 9.90 Å². The first-order valence-corrected chi connectivity index (χ1v) is 16.1. The van der Waals surface area contributed by atoms with Gasteiger partial charge >= 0.3 is 5.97 Å². The second kappa shape index (κ2) is 14.3. The molecule has 0 aliphatic rings. The fourth-order valence-electron chi connectivity index (χ4n) is 5.85. The minimum Gasteiger partial charge on any atom is -0.477 e. The van der Waals surface area contributed by atoms with Gasteiger partial charge in [-0.25, -0.2) is 4.79 Å². The molecule has 0 amide bonds. The van der Waals surface area contributed by atoms with Gasteiger partial charge in [-0.3, -0.25) is 0 Å². The van der Waals surface area contributed by atoms with Gasteiger partial charge in [0.25, 0.3) is 0 Å². The number of carboxylic acid groups (broad SMARTS) is 1. The van der Waals surface area contributed by atoms with Crippen LogP contribution in [-0.4, -0.2) is 11.1 Å². The summed E-state index contributed by atoms with van der Waals surface area (Å²) in [5.41, 5.74) is 8.25. The smallest absolute Gasteiger partial charge is 0.346 e. The van der Waals surface area contributed by atoms with Crippen LogP contribution in [0.4, 0.5) is 34.1 Å². The number of benzene rings is 6. The van der Waals surface area contributed by atoms with Gasteiger partial charge in [-0.2, -0.15) is 5.26 Å². The van der Waals surface area contributed by atoms with E-state index in [4.69, 9.17) is 9.68 Å². The van der Waals surface area contributed by atoms with Crippen molar-refractivity contribution in [3.8, 4) is 28.7 Å². The Morgan fingerprint density at radius 1 is 0.500 bits per heavy atom. The number of hydrogen-bond acceptors (Lipinski definition) is 5. The molecule has 50 heavy (non-hydrogen) atoms. The first kappa shape index (κ1) is 31.5. The Balaban J connectivity index is 1.13. The second-order valence-corrected chi connectivity index (χ2v) is 11.5. The maximum absolute atomic E-state index is 11.3. The van der Waals surface area contributed by atoms with E-state index in [1.807, 2.05) is 115 Å². The van der Waals surface area contributed by atoms with E-state index < -0.39 is 5.97 Å². The van der Waals surface area contributed by atoms with E-state index in [0.29, 0.717) is 5.56 Å². The lowest BCUT2D eigenvalue weighted by atomic mass is 10.1. The van der Waals surface area contributed by atoms with Crippen LogP contribution in [-0.2, 0) is 4.79 Å². The molecule has 0 unspecified atom stereocenters. The highest BCUT2D eigenvalue weighted by atomic mass is 16.4. The fraction of sp³-hybridized carbons (Fsp3) is 0. The zero-order chi connectivity index (χ0) is 34.3. The van der Waals surface area contributed by atoms with Crippen LogP contribution < -0.4 is 9.80 Å². The molecular formula is C44H31N3O3. The van der Waals surface area contributed by atoms with Crippen molar-refractivity contribution in [2.75, 3.05) is 9.80 Å². The first-order chi connectivity index (χ1) is 24.6. The molecule has 7 aromatic rings. The Bertz CT molecular complexity index is 2230. The average molecular weight is 650 g/mol. The number of rotatable bonds is 10. The monoisotopic (exact) mass is 649 g/mol. The highest BCUT2D eigenvalue weighted by molar-refractivity contribution is 5.96. The molecule has 0 radical (unpaired) electrons. The molecule has 6 aromatic carbocycles. The number of aliphatic carboxylic acids is 1. The summed E-state index contributed by atoms with van der Waals surface area (Å²) in [6, 6.07) is 60.4. The number of nitrogens with zero attached hydrogens (tertiary/aromatic N) is 3. The van der Waals surface area contributed by atoms with Crippen molar-refractivity contribution < 1.29 is 14.3 Å². The lowest BCUT2D eigenvalue weighted by Gasteiger charge is -2.25. The number of hydrogen-bond donors (Lipinski definition) is 1. The SMILES string of the molecule is N#C/C(=C\c1ccc(N(c2ccccc2)c2ccc(-c3ccc(-c4ccc(N(c5ccccc5)c5ccccc5)cc4)o3)cc2)cc1)C(=O)O. The van der Waals surface area contributed by atoms with Gasteiger partial charge in [0, 0.05) is 45.3 Å². The number of carbonyl (C=O) groups is 1. The lowest BCUT2D eigenvalue weighted by molar-refractivity contribution is -0.132. The standard InChI is InChI=1S/C44H31N3O3/c45-31-35(44(48)49)30-32-16-22-39(23-17-32)47(38-14-8-3-9-15-38)41-26-20-34(21-27-41)43-29-28-42(50-43)33-18-24-40(25-19-33)46(36-10-4-1-5-11-36)37-12-6-2-7-13-37/h1-30H,(H,48,49)/b35-30+. The van der Waals surface area contributed by atoms with E-state index in [2.05, 4.69) is 58.3 Å². The summed E-state index contributed by atoms with van der Waals surface area (Å²) in [4.78, 5) is 15.6. The third-order valence-corrected chi connectivity index (χ3v) is 8.28. The number of nitriles is 1. The molecule has 7 rings (SSSR count). The number of carboxylic acids is 1. The van der Waals surface area contributed by atoms with Crippen LogP contribution in [0.1, 0.15) is 5.56 Å². The van der Waals surface area contributed by atoms with Crippen LogP contribution in [0.25, 0.3) is 28.7 Å². The summed E-state index contributed by atoms with van der Waals surface area (Å²) in [7, 11) is 0. The third-order valence-electron chi connectivity index (χ3n) is 8.28. The van der Waals surface area contributed by atoms with Gasteiger partial charge in [0.1, 0.15) is 23.2 Å². The average Bonchev–Trinajstić information content (AvgIpc) is 3.67. The summed E-state index contributed by atoms with van der Waals surface area (Å²) >= 11 is 0. The summed E-state index contributed by atoms with van der Waals surface area (Å²) in [5.74, 6) is 0.294. The molecular weight excluding hydrogens is 619 g/mol. The van der Waals surface area contributed by atoms with Crippen molar-refractivity contribution in [2.24, 2.45) is 0 Å². The quantitative estimate of drug-likeness (QED) is 0.117. The van der Waals surface area contributed by atoms with Crippen LogP contribution in [0, 0.1) is 11.3 Å². The summed E-state index contributed by atoms with van der Waals surface area (Å²) in [5, 5.41) is 18.4.